The quantitative estimate of drug-likeness (QED) is 0.604. The zero-order chi connectivity index (χ0) is 8.97. The molecule has 0 saturated carbocycles. The van der Waals surface area contributed by atoms with E-state index in [2.05, 4.69) is 28.2 Å². The predicted molar refractivity (Wildman–Crippen MR) is 54.0 cm³/mol. The Kier molecular flexibility index (Phi) is 3.57. The third kappa shape index (κ3) is 2.84. The highest BCUT2D eigenvalue weighted by molar-refractivity contribution is 9.11. The Bertz CT molecular complexity index is 289. The van der Waals surface area contributed by atoms with Crippen LogP contribution in [0, 0.1) is 11.5 Å². The smallest absolute Gasteiger partial charge is 0.179 e. The van der Waals surface area contributed by atoms with Gasteiger partial charge in [0.15, 0.2) is 6.19 Å². The predicted octanol–water partition coefficient (Wildman–Crippen LogP) is 2.47. The summed E-state index contributed by atoms with van der Waals surface area (Å²) in [7, 11) is 1.79. The van der Waals surface area contributed by atoms with E-state index in [1.165, 1.54) is 4.88 Å². The minimum atomic E-state index is 0.795. The first-order valence-corrected chi connectivity index (χ1v) is 5.18. The molecule has 0 radical (unpaired) electrons. The average molecular weight is 245 g/mol. The molecule has 1 aromatic rings. The molecule has 0 spiro atoms. The minimum absolute atomic E-state index is 0.795. The highest BCUT2D eigenvalue weighted by atomic mass is 79.9. The minimum Gasteiger partial charge on any atom is -0.313 e. The lowest BCUT2D eigenvalue weighted by Gasteiger charge is -2.05. The monoisotopic (exact) mass is 244 g/mol. The van der Waals surface area contributed by atoms with Crippen LogP contribution in [0.25, 0.3) is 0 Å². The zero-order valence-corrected chi connectivity index (χ0v) is 9.15. The molecule has 2 nitrogen and oxygen atoms in total. The molecule has 0 N–H and O–H groups in total. The van der Waals surface area contributed by atoms with Crippen molar-refractivity contribution in [2.24, 2.45) is 0 Å². The summed E-state index contributed by atoms with van der Waals surface area (Å²) in [6, 6.07) is 4.12. The number of thiophene rings is 1. The second-order valence-electron chi connectivity index (χ2n) is 2.48. The molecule has 1 heterocycles. The fourth-order valence-corrected chi connectivity index (χ4v) is 2.29. The maximum atomic E-state index is 8.49. The number of nitrogens with zero attached hydrogens (tertiary/aromatic N) is 2. The molecule has 64 valence electrons. The third-order valence-electron chi connectivity index (χ3n) is 1.49. The molecule has 0 atom stereocenters. The van der Waals surface area contributed by atoms with Gasteiger partial charge in [0.25, 0.3) is 0 Å². The van der Waals surface area contributed by atoms with Crippen molar-refractivity contribution in [2.45, 2.75) is 6.42 Å². The van der Waals surface area contributed by atoms with Gasteiger partial charge in [-0.05, 0) is 28.1 Å². The van der Waals surface area contributed by atoms with Crippen LogP contribution in [-0.2, 0) is 6.42 Å². The Labute approximate surface area is 84.6 Å². The highest BCUT2D eigenvalue weighted by Crippen LogP contribution is 2.22. The first kappa shape index (κ1) is 9.56. The molecule has 0 unspecified atom stereocenters. The summed E-state index contributed by atoms with van der Waals surface area (Å²) in [6.45, 7) is 0.795. The molecule has 1 rings (SSSR count). The van der Waals surface area contributed by atoms with E-state index in [9.17, 15) is 0 Å². The SMILES string of the molecule is CN(C#N)CCc1ccc(Br)s1. The number of nitriles is 1. The molecule has 0 aliphatic rings. The molecule has 0 amide bonds. The van der Waals surface area contributed by atoms with E-state index in [1.54, 1.807) is 23.3 Å². The molecule has 0 saturated heterocycles. The molecule has 12 heavy (non-hydrogen) atoms. The highest BCUT2D eigenvalue weighted by Gasteiger charge is 1.99. The fraction of sp³-hybridized carbons (Fsp3) is 0.375. The maximum Gasteiger partial charge on any atom is 0.179 e. The van der Waals surface area contributed by atoms with Crippen molar-refractivity contribution in [3.63, 3.8) is 0 Å². The molecule has 1 aromatic heterocycles. The van der Waals surface area contributed by atoms with E-state index in [-0.39, 0.29) is 0 Å². The van der Waals surface area contributed by atoms with Crippen LogP contribution in [0.2, 0.25) is 0 Å². The second-order valence-corrected chi connectivity index (χ2v) is 5.02. The number of hydrogen-bond acceptors (Lipinski definition) is 3. The van der Waals surface area contributed by atoms with Gasteiger partial charge in [0.2, 0.25) is 0 Å². The van der Waals surface area contributed by atoms with Gasteiger partial charge in [0.1, 0.15) is 0 Å². The summed E-state index contributed by atoms with van der Waals surface area (Å²) in [5.41, 5.74) is 0. The molecule has 0 aromatic carbocycles. The Morgan fingerprint density at radius 3 is 2.92 bits per heavy atom. The Hall–Kier alpha value is -0.530. The zero-order valence-electron chi connectivity index (χ0n) is 6.75. The van der Waals surface area contributed by atoms with Gasteiger partial charge < -0.3 is 4.90 Å². The Morgan fingerprint density at radius 1 is 1.67 bits per heavy atom. The number of rotatable bonds is 3. The van der Waals surface area contributed by atoms with Crippen LogP contribution >= 0.6 is 27.3 Å². The van der Waals surface area contributed by atoms with E-state index in [0.29, 0.717) is 0 Å². The maximum absolute atomic E-state index is 8.49. The van der Waals surface area contributed by atoms with Gasteiger partial charge >= 0.3 is 0 Å². The van der Waals surface area contributed by atoms with Gasteiger partial charge in [-0.2, -0.15) is 5.26 Å². The number of likely N-dealkylation sites (N-methyl/N-ethyl adjacent to an activating group) is 1. The van der Waals surface area contributed by atoms with Crippen LogP contribution in [0.1, 0.15) is 4.88 Å². The average Bonchev–Trinajstić information content (AvgIpc) is 2.47. The summed E-state index contributed by atoms with van der Waals surface area (Å²) in [6.07, 6.45) is 3.01. The van der Waals surface area contributed by atoms with Gasteiger partial charge in [0.05, 0.1) is 3.79 Å². The van der Waals surface area contributed by atoms with Crippen LogP contribution in [0.3, 0.4) is 0 Å². The Morgan fingerprint density at radius 2 is 2.42 bits per heavy atom. The summed E-state index contributed by atoms with van der Waals surface area (Å²) in [4.78, 5) is 2.94. The topological polar surface area (TPSA) is 27.0 Å². The van der Waals surface area contributed by atoms with Crippen molar-refractivity contribution >= 4 is 27.3 Å². The van der Waals surface area contributed by atoms with Crippen LogP contribution in [0.15, 0.2) is 15.9 Å². The van der Waals surface area contributed by atoms with E-state index >= 15 is 0 Å². The second kappa shape index (κ2) is 4.48. The molecule has 4 heteroatoms. The van der Waals surface area contributed by atoms with Crippen molar-refractivity contribution in [2.75, 3.05) is 13.6 Å². The van der Waals surface area contributed by atoms with Gasteiger partial charge in [-0.3, -0.25) is 0 Å². The lowest BCUT2D eigenvalue weighted by molar-refractivity contribution is 0.480. The Balaban J connectivity index is 2.39. The molecular weight excluding hydrogens is 236 g/mol. The van der Waals surface area contributed by atoms with Gasteiger partial charge in [-0.25, -0.2) is 0 Å². The molecule has 0 fully saturated rings. The summed E-state index contributed by atoms with van der Waals surface area (Å²) in [5.74, 6) is 0. The standard InChI is InChI=1S/C8H9BrN2S/c1-11(6-10)5-4-7-2-3-8(9)12-7/h2-3H,4-5H2,1H3. The summed E-state index contributed by atoms with van der Waals surface area (Å²) >= 11 is 5.12. The van der Waals surface area contributed by atoms with Crippen LogP contribution in [0.5, 0.6) is 0 Å². The van der Waals surface area contributed by atoms with Crippen molar-refractivity contribution in [3.8, 4) is 6.19 Å². The van der Waals surface area contributed by atoms with Gasteiger partial charge in [0, 0.05) is 24.9 Å². The summed E-state index contributed by atoms with van der Waals surface area (Å²) in [5, 5.41) is 8.49. The van der Waals surface area contributed by atoms with Crippen molar-refractivity contribution in [1.29, 1.82) is 5.26 Å². The molecule has 0 aliphatic carbocycles. The first-order chi connectivity index (χ1) is 5.72. The van der Waals surface area contributed by atoms with E-state index in [4.69, 9.17) is 5.26 Å². The molecular formula is C8H9BrN2S. The first-order valence-electron chi connectivity index (χ1n) is 3.57. The number of hydrogen-bond donors (Lipinski definition) is 0. The van der Waals surface area contributed by atoms with Crippen LogP contribution in [-0.4, -0.2) is 18.5 Å². The third-order valence-corrected chi connectivity index (χ3v) is 3.18. The fourth-order valence-electron chi connectivity index (χ4n) is 0.814. The lowest BCUT2D eigenvalue weighted by atomic mass is 10.3. The molecule has 0 aliphatic heterocycles. The van der Waals surface area contributed by atoms with E-state index in [0.717, 1.165) is 16.8 Å². The summed E-state index contributed by atoms with van der Waals surface area (Å²) < 4.78 is 1.15. The van der Waals surface area contributed by atoms with Crippen molar-refractivity contribution in [1.82, 2.24) is 4.90 Å². The van der Waals surface area contributed by atoms with E-state index in [1.807, 2.05) is 6.07 Å². The van der Waals surface area contributed by atoms with Gasteiger partial charge in [-0.1, -0.05) is 0 Å². The van der Waals surface area contributed by atoms with Crippen LogP contribution < -0.4 is 0 Å². The normalized spacial score (nSPS) is 9.42. The number of halogens is 1. The lowest BCUT2D eigenvalue weighted by Crippen LogP contribution is -2.13. The van der Waals surface area contributed by atoms with Crippen LogP contribution in [0.4, 0.5) is 0 Å². The largest absolute Gasteiger partial charge is 0.313 e. The molecule has 0 bridgehead atoms. The van der Waals surface area contributed by atoms with Gasteiger partial charge in [-0.15, -0.1) is 11.3 Å². The van der Waals surface area contributed by atoms with E-state index < -0.39 is 0 Å². The van der Waals surface area contributed by atoms with Crippen molar-refractivity contribution < 1.29 is 0 Å². The van der Waals surface area contributed by atoms with Crippen molar-refractivity contribution in [3.05, 3.63) is 20.8 Å².